The molecule has 1 saturated carbocycles. The lowest BCUT2D eigenvalue weighted by molar-refractivity contribution is 0.0951. The third kappa shape index (κ3) is 4.51. The first-order valence-electron chi connectivity index (χ1n) is 9.69. The molecule has 148 valence electrons. The van der Waals surface area contributed by atoms with Crippen molar-refractivity contribution in [2.24, 2.45) is 5.92 Å². The van der Waals surface area contributed by atoms with E-state index >= 15 is 0 Å². The summed E-state index contributed by atoms with van der Waals surface area (Å²) in [4.78, 5) is 33.7. The lowest BCUT2D eigenvalue weighted by atomic mass is 10.1. The van der Waals surface area contributed by atoms with E-state index in [-0.39, 0.29) is 5.91 Å². The average Bonchev–Trinajstić information content (AvgIpc) is 3.52. The van der Waals surface area contributed by atoms with E-state index in [9.17, 15) is 9.59 Å². The van der Waals surface area contributed by atoms with Crippen LogP contribution in [-0.2, 0) is 0 Å². The van der Waals surface area contributed by atoms with E-state index in [4.69, 9.17) is 0 Å². The highest BCUT2D eigenvalue weighted by Gasteiger charge is 2.22. The number of pyridine rings is 2. The number of hydrogen-bond donors (Lipinski definition) is 3. The second-order valence-corrected chi connectivity index (χ2v) is 7.44. The van der Waals surface area contributed by atoms with Crippen LogP contribution < -0.4 is 16.0 Å². The largest absolute Gasteiger partial charge is 0.352 e. The molecule has 0 saturated heterocycles. The summed E-state index contributed by atoms with van der Waals surface area (Å²) in [7, 11) is 0. The molecule has 0 spiro atoms. The van der Waals surface area contributed by atoms with E-state index in [1.165, 1.54) is 12.8 Å². The van der Waals surface area contributed by atoms with Crippen LogP contribution in [0.3, 0.4) is 0 Å². The molecule has 1 aliphatic carbocycles. The summed E-state index contributed by atoms with van der Waals surface area (Å²) in [6.07, 6.45) is 4.02. The molecule has 2 heterocycles. The Morgan fingerprint density at radius 3 is 2.72 bits per heavy atom. The van der Waals surface area contributed by atoms with Crippen molar-refractivity contribution in [1.29, 1.82) is 0 Å². The Labute approximate surface area is 168 Å². The van der Waals surface area contributed by atoms with Crippen molar-refractivity contribution in [2.45, 2.75) is 26.7 Å². The predicted octanol–water partition coefficient (Wildman–Crippen LogP) is 4.03. The molecule has 2 aromatic heterocycles. The second kappa shape index (κ2) is 7.87. The van der Waals surface area contributed by atoms with Crippen LogP contribution in [0.1, 0.15) is 34.5 Å². The highest BCUT2D eigenvalue weighted by molar-refractivity contribution is 6.05. The van der Waals surface area contributed by atoms with Gasteiger partial charge in [-0.05, 0) is 68.5 Å². The highest BCUT2D eigenvalue weighted by atomic mass is 16.2. The first-order chi connectivity index (χ1) is 14.0. The average molecular weight is 389 g/mol. The minimum atomic E-state index is -0.407. The number of anilines is 2. The molecule has 3 amide bonds. The molecule has 1 aliphatic rings. The number of fused-ring (bicyclic) bond motifs is 1. The molecule has 7 heteroatoms. The lowest BCUT2D eigenvalue weighted by Gasteiger charge is -2.12. The van der Waals surface area contributed by atoms with E-state index in [0.717, 1.165) is 11.3 Å². The Hall–Kier alpha value is -3.48. The van der Waals surface area contributed by atoms with Gasteiger partial charge in [-0.25, -0.2) is 4.79 Å². The van der Waals surface area contributed by atoms with Crippen molar-refractivity contribution < 1.29 is 9.59 Å². The number of rotatable bonds is 5. The maximum Gasteiger partial charge on any atom is 0.323 e. The van der Waals surface area contributed by atoms with Crippen LogP contribution in [0.4, 0.5) is 16.2 Å². The molecular formula is C22H23N5O2. The molecule has 29 heavy (non-hydrogen) atoms. The first kappa shape index (κ1) is 18.9. The summed E-state index contributed by atoms with van der Waals surface area (Å²) in [6, 6.07) is 10.3. The van der Waals surface area contributed by atoms with Crippen LogP contribution >= 0.6 is 0 Å². The maximum absolute atomic E-state index is 12.6. The number of nitrogens with one attached hydrogen (secondary N) is 3. The van der Waals surface area contributed by atoms with E-state index in [0.29, 0.717) is 40.4 Å². The van der Waals surface area contributed by atoms with Crippen LogP contribution in [0.15, 0.2) is 42.6 Å². The summed E-state index contributed by atoms with van der Waals surface area (Å²) in [5, 5.41) is 8.59. The van der Waals surface area contributed by atoms with Crippen LogP contribution in [0.2, 0.25) is 0 Å². The van der Waals surface area contributed by atoms with Crippen molar-refractivity contribution in [1.82, 2.24) is 15.3 Å². The summed E-state index contributed by atoms with van der Waals surface area (Å²) in [5.41, 5.74) is 4.68. The normalized spacial score (nSPS) is 13.2. The van der Waals surface area contributed by atoms with Crippen LogP contribution in [0.5, 0.6) is 0 Å². The van der Waals surface area contributed by atoms with Crippen molar-refractivity contribution in [3.05, 3.63) is 59.4 Å². The van der Waals surface area contributed by atoms with Gasteiger partial charge in [0.25, 0.3) is 5.91 Å². The topological polar surface area (TPSA) is 96.0 Å². The molecule has 0 unspecified atom stereocenters. The summed E-state index contributed by atoms with van der Waals surface area (Å²) < 4.78 is 0. The molecule has 0 atom stereocenters. The van der Waals surface area contributed by atoms with Gasteiger partial charge in [0, 0.05) is 29.7 Å². The Bertz CT molecular complexity index is 1090. The highest BCUT2D eigenvalue weighted by Crippen LogP contribution is 2.28. The molecule has 3 N–H and O–H groups in total. The predicted molar refractivity (Wildman–Crippen MR) is 113 cm³/mol. The van der Waals surface area contributed by atoms with E-state index in [1.807, 2.05) is 26.0 Å². The zero-order valence-corrected chi connectivity index (χ0v) is 16.5. The van der Waals surface area contributed by atoms with Crippen molar-refractivity contribution >= 4 is 34.3 Å². The van der Waals surface area contributed by atoms with Gasteiger partial charge >= 0.3 is 6.03 Å². The quantitative estimate of drug-likeness (QED) is 0.614. The van der Waals surface area contributed by atoms with E-state index < -0.39 is 6.03 Å². The number of aromatic nitrogens is 2. The third-order valence-corrected chi connectivity index (χ3v) is 4.93. The minimum absolute atomic E-state index is 0.113. The van der Waals surface area contributed by atoms with Gasteiger partial charge in [0.1, 0.15) is 5.52 Å². The SMILES string of the molecule is Cc1cc(NC(=O)Nc2ccc(C)c(C(=O)NCC3CC3)c2)c2ncccc2n1. The number of nitrogens with zero attached hydrogens (tertiary/aromatic N) is 2. The van der Waals surface area contributed by atoms with Gasteiger partial charge in [-0.3, -0.25) is 14.8 Å². The zero-order valence-electron chi connectivity index (χ0n) is 16.5. The second-order valence-electron chi connectivity index (χ2n) is 7.44. The lowest BCUT2D eigenvalue weighted by Crippen LogP contribution is -2.26. The Balaban J connectivity index is 1.48. The van der Waals surface area contributed by atoms with E-state index in [2.05, 4.69) is 25.9 Å². The number of urea groups is 1. The van der Waals surface area contributed by atoms with Gasteiger partial charge in [-0.1, -0.05) is 6.07 Å². The molecule has 4 rings (SSSR count). The molecule has 7 nitrogen and oxygen atoms in total. The summed E-state index contributed by atoms with van der Waals surface area (Å²) in [6.45, 7) is 4.45. The number of aryl methyl sites for hydroxylation is 2. The van der Waals surface area contributed by atoms with Crippen molar-refractivity contribution in [3.63, 3.8) is 0 Å². The number of hydrogen-bond acceptors (Lipinski definition) is 4. The fourth-order valence-corrected chi connectivity index (χ4v) is 3.17. The summed E-state index contributed by atoms with van der Waals surface area (Å²) in [5.74, 6) is 0.497. The van der Waals surface area contributed by atoms with Gasteiger partial charge in [0.05, 0.1) is 11.2 Å². The van der Waals surface area contributed by atoms with Gasteiger partial charge in [0.2, 0.25) is 0 Å². The van der Waals surface area contributed by atoms with Gasteiger partial charge in [-0.15, -0.1) is 0 Å². The summed E-state index contributed by atoms with van der Waals surface area (Å²) >= 11 is 0. The Kier molecular flexibility index (Phi) is 5.12. The van der Waals surface area contributed by atoms with Crippen molar-refractivity contribution in [3.8, 4) is 0 Å². The number of benzene rings is 1. The molecule has 0 aliphatic heterocycles. The zero-order chi connectivity index (χ0) is 20.4. The smallest absolute Gasteiger partial charge is 0.323 e. The van der Waals surface area contributed by atoms with Crippen LogP contribution in [0.25, 0.3) is 11.0 Å². The monoisotopic (exact) mass is 389 g/mol. The van der Waals surface area contributed by atoms with E-state index in [1.54, 1.807) is 30.5 Å². The maximum atomic E-state index is 12.6. The van der Waals surface area contributed by atoms with Crippen LogP contribution in [-0.4, -0.2) is 28.5 Å². The Morgan fingerprint density at radius 1 is 1.10 bits per heavy atom. The number of carbonyl (C=O) groups excluding carboxylic acids is 2. The van der Waals surface area contributed by atoms with Gasteiger partial charge < -0.3 is 16.0 Å². The van der Waals surface area contributed by atoms with Gasteiger partial charge in [0.15, 0.2) is 0 Å². The molecule has 1 aromatic carbocycles. The van der Waals surface area contributed by atoms with Crippen molar-refractivity contribution in [2.75, 3.05) is 17.2 Å². The molecule has 1 fully saturated rings. The van der Waals surface area contributed by atoms with Crippen LogP contribution in [0, 0.1) is 19.8 Å². The number of carbonyl (C=O) groups is 2. The molecular weight excluding hydrogens is 366 g/mol. The fraction of sp³-hybridized carbons (Fsp3) is 0.273. The molecule has 0 bridgehead atoms. The number of amides is 3. The fourth-order valence-electron chi connectivity index (χ4n) is 3.17. The molecule has 3 aromatic rings. The van der Waals surface area contributed by atoms with Gasteiger partial charge in [-0.2, -0.15) is 0 Å². The minimum Gasteiger partial charge on any atom is -0.352 e. The molecule has 0 radical (unpaired) electrons. The standard InChI is InChI=1S/C22H23N5O2/c1-13-5-8-16(11-17(13)21(28)24-12-15-6-7-15)26-22(29)27-19-10-14(2)25-18-4-3-9-23-20(18)19/h3-5,8-11,15H,6-7,12H2,1-2H3,(H,24,28)(H2,25,26,27,29). The third-order valence-electron chi connectivity index (χ3n) is 4.93. The Morgan fingerprint density at radius 2 is 1.93 bits per heavy atom. The first-order valence-corrected chi connectivity index (χ1v) is 9.69.